The van der Waals surface area contributed by atoms with E-state index in [0.29, 0.717) is 17.9 Å². The van der Waals surface area contributed by atoms with Crippen LogP contribution in [0.25, 0.3) is 0 Å². The lowest BCUT2D eigenvalue weighted by Crippen LogP contribution is -2.34. The van der Waals surface area contributed by atoms with Gasteiger partial charge in [0, 0.05) is 30.1 Å². The van der Waals surface area contributed by atoms with Crippen LogP contribution in [0.2, 0.25) is 0 Å². The van der Waals surface area contributed by atoms with Gasteiger partial charge >= 0.3 is 0 Å². The van der Waals surface area contributed by atoms with E-state index in [4.69, 9.17) is 14.2 Å². The monoisotopic (exact) mass is 463 g/mol. The molecule has 1 aliphatic carbocycles. The van der Waals surface area contributed by atoms with Gasteiger partial charge in [0.25, 0.3) is 0 Å². The molecule has 5 rings (SSSR count). The highest BCUT2D eigenvalue weighted by Gasteiger charge is 2.38. The van der Waals surface area contributed by atoms with Crippen LogP contribution in [-0.4, -0.2) is 38.2 Å². The topological polar surface area (TPSA) is 48.0 Å². The minimum Gasteiger partial charge on any atom is -0.492 e. The molecule has 5 nitrogen and oxygen atoms in total. The van der Waals surface area contributed by atoms with E-state index in [-0.39, 0.29) is 29.4 Å². The molecule has 2 aromatic carbocycles. The molecule has 0 fully saturated rings. The number of rotatable bonds is 4. The van der Waals surface area contributed by atoms with E-state index in [1.165, 1.54) is 22.3 Å². The number of hydrogen-bond acceptors (Lipinski definition) is 5. The molecule has 0 bridgehead atoms. The number of fused-ring (bicyclic) bond motifs is 3. The Morgan fingerprint density at radius 1 is 1.18 bits per heavy atom. The van der Waals surface area contributed by atoms with Crippen molar-refractivity contribution in [2.24, 2.45) is 0 Å². The summed E-state index contributed by atoms with van der Waals surface area (Å²) in [6.07, 6.45) is 3.36. The fourth-order valence-electron chi connectivity index (χ4n) is 5.87. The molecule has 0 N–H and O–H groups in total. The van der Waals surface area contributed by atoms with E-state index in [9.17, 15) is 4.79 Å². The van der Waals surface area contributed by atoms with Crippen LogP contribution in [0.4, 0.5) is 0 Å². The van der Waals surface area contributed by atoms with Gasteiger partial charge in [-0.1, -0.05) is 40.7 Å². The standard InChI is InChI=1S/C29H37NO4/c1-28(2,3)18-13-20(19-8-10-29(4,5)21(19)14-18)23(31)15-22-25-17(9-11-30(22)6)12-24-26(27(25)32-7)34-16-33-24/h12-14,22H,8-11,15-16H2,1-7H3/t22-/m1/s1. The van der Waals surface area contributed by atoms with Crippen molar-refractivity contribution >= 4 is 5.78 Å². The number of nitrogens with zero attached hydrogens (tertiary/aromatic N) is 1. The van der Waals surface area contributed by atoms with Gasteiger partial charge < -0.3 is 14.2 Å². The summed E-state index contributed by atoms with van der Waals surface area (Å²) in [6, 6.07) is 6.53. The SMILES string of the molecule is COc1c2c(cc3c1[C@@H](CC(=O)c1cc(C(C)(C)C)cc4c1CCC4(C)C)N(C)CC3)OCO2. The molecule has 2 aliphatic heterocycles. The first kappa shape index (κ1) is 23.2. The molecule has 0 radical (unpaired) electrons. The Balaban J connectivity index is 1.58. The smallest absolute Gasteiger partial charge is 0.231 e. The van der Waals surface area contributed by atoms with Crippen LogP contribution in [-0.2, 0) is 23.7 Å². The molecule has 2 heterocycles. The summed E-state index contributed by atoms with van der Waals surface area (Å²) in [5, 5.41) is 0. The van der Waals surface area contributed by atoms with E-state index < -0.39 is 0 Å². The van der Waals surface area contributed by atoms with E-state index in [2.05, 4.69) is 64.8 Å². The molecule has 1 atom stereocenters. The van der Waals surface area contributed by atoms with Crippen molar-refractivity contribution in [1.29, 1.82) is 0 Å². The molecular weight excluding hydrogens is 426 g/mol. The Labute approximate surface area is 203 Å². The lowest BCUT2D eigenvalue weighted by atomic mass is 9.78. The Morgan fingerprint density at radius 2 is 1.94 bits per heavy atom. The number of ketones is 1. The predicted molar refractivity (Wildman–Crippen MR) is 134 cm³/mol. The van der Waals surface area contributed by atoms with Gasteiger partial charge in [0.15, 0.2) is 17.3 Å². The van der Waals surface area contributed by atoms with Gasteiger partial charge in [-0.3, -0.25) is 9.69 Å². The van der Waals surface area contributed by atoms with E-state index >= 15 is 0 Å². The summed E-state index contributed by atoms with van der Waals surface area (Å²) in [7, 11) is 3.77. The Morgan fingerprint density at radius 3 is 2.65 bits per heavy atom. The summed E-state index contributed by atoms with van der Waals surface area (Å²) in [5.74, 6) is 2.32. The molecule has 0 spiro atoms. The van der Waals surface area contributed by atoms with Crippen LogP contribution in [0.15, 0.2) is 18.2 Å². The number of ether oxygens (including phenoxy) is 3. The van der Waals surface area contributed by atoms with Crippen LogP contribution in [0.1, 0.15) is 91.7 Å². The van der Waals surface area contributed by atoms with Crippen molar-refractivity contribution < 1.29 is 19.0 Å². The number of carbonyl (C=O) groups is 1. The number of benzene rings is 2. The van der Waals surface area contributed by atoms with Crippen LogP contribution in [0, 0.1) is 0 Å². The maximum atomic E-state index is 14.0. The first-order valence-electron chi connectivity index (χ1n) is 12.4. The van der Waals surface area contributed by atoms with Crippen molar-refractivity contribution in [3.63, 3.8) is 0 Å². The zero-order chi connectivity index (χ0) is 24.4. The number of carbonyl (C=O) groups excluding carboxylic acids is 1. The second-order valence-electron chi connectivity index (χ2n) is 11.8. The third-order valence-corrected chi connectivity index (χ3v) is 8.07. The highest BCUT2D eigenvalue weighted by molar-refractivity contribution is 5.99. The third kappa shape index (κ3) is 3.69. The van der Waals surface area contributed by atoms with Crippen molar-refractivity contribution in [2.75, 3.05) is 27.5 Å². The van der Waals surface area contributed by atoms with Crippen LogP contribution in [0.3, 0.4) is 0 Å². The fourth-order valence-corrected chi connectivity index (χ4v) is 5.87. The van der Waals surface area contributed by atoms with E-state index in [0.717, 1.165) is 42.7 Å². The first-order valence-corrected chi connectivity index (χ1v) is 12.4. The maximum Gasteiger partial charge on any atom is 0.231 e. The molecule has 5 heteroatoms. The minimum atomic E-state index is -0.0657. The van der Waals surface area contributed by atoms with Gasteiger partial charge in [-0.2, -0.15) is 0 Å². The summed E-state index contributed by atoms with van der Waals surface area (Å²) in [4.78, 5) is 16.3. The van der Waals surface area contributed by atoms with Crippen LogP contribution < -0.4 is 14.2 Å². The molecule has 0 saturated heterocycles. The van der Waals surface area contributed by atoms with Crippen LogP contribution >= 0.6 is 0 Å². The van der Waals surface area contributed by atoms with Crippen molar-refractivity contribution in [3.05, 3.63) is 51.6 Å². The van der Waals surface area contributed by atoms with Gasteiger partial charge in [0.2, 0.25) is 12.5 Å². The molecule has 0 amide bonds. The zero-order valence-electron chi connectivity index (χ0n) is 21.6. The number of methoxy groups -OCH3 is 1. The second-order valence-corrected chi connectivity index (χ2v) is 11.8. The predicted octanol–water partition coefficient (Wildman–Crippen LogP) is 5.75. The van der Waals surface area contributed by atoms with E-state index in [1.807, 2.05) is 0 Å². The van der Waals surface area contributed by atoms with Crippen molar-refractivity contribution in [2.45, 2.75) is 77.2 Å². The van der Waals surface area contributed by atoms with Crippen molar-refractivity contribution in [3.8, 4) is 17.2 Å². The quantitative estimate of drug-likeness (QED) is 0.541. The number of likely N-dealkylation sites (N-methyl/N-ethyl adjacent to an activating group) is 1. The highest BCUT2D eigenvalue weighted by atomic mass is 16.7. The Hall–Kier alpha value is -2.53. The molecule has 0 unspecified atom stereocenters. The van der Waals surface area contributed by atoms with Gasteiger partial charge in [-0.05, 0) is 71.5 Å². The lowest BCUT2D eigenvalue weighted by molar-refractivity contribution is 0.0924. The highest BCUT2D eigenvalue weighted by Crippen LogP contribution is 2.50. The Kier molecular flexibility index (Phi) is 5.47. The maximum absolute atomic E-state index is 14.0. The zero-order valence-corrected chi connectivity index (χ0v) is 21.6. The molecule has 2 aromatic rings. The fraction of sp³-hybridized carbons (Fsp3) is 0.552. The molecule has 3 aliphatic rings. The molecule has 0 saturated carbocycles. The average Bonchev–Trinajstić information content (AvgIpc) is 3.36. The molecule has 34 heavy (non-hydrogen) atoms. The average molecular weight is 464 g/mol. The van der Waals surface area contributed by atoms with Gasteiger partial charge in [-0.15, -0.1) is 0 Å². The number of Topliss-reactive ketones (excluding diaryl/α,β-unsaturated/α-hetero) is 1. The van der Waals surface area contributed by atoms with Crippen LogP contribution in [0.5, 0.6) is 17.2 Å². The number of hydrogen-bond donors (Lipinski definition) is 0. The normalized spacial score (nSPS) is 20.7. The first-order chi connectivity index (χ1) is 16.0. The van der Waals surface area contributed by atoms with Crippen molar-refractivity contribution in [1.82, 2.24) is 4.90 Å². The largest absolute Gasteiger partial charge is 0.492 e. The molecular formula is C29H37NO4. The third-order valence-electron chi connectivity index (χ3n) is 8.07. The lowest BCUT2D eigenvalue weighted by Gasteiger charge is -2.35. The van der Waals surface area contributed by atoms with Gasteiger partial charge in [-0.25, -0.2) is 0 Å². The van der Waals surface area contributed by atoms with Gasteiger partial charge in [0.1, 0.15) is 0 Å². The van der Waals surface area contributed by atoms with Gasteiger partial charge in [0.05, 0.1) is 7.11 Å². The molecule has 182 valence electrons. The second kappa shape index (κ2) is 8.01. The Bertz CT molecular complexity index is 1160. The summed E-state index contributed by atoms with van der Waals surface area (Å²) < 4.78 is 17.2. The van der Waals surface area contributed by atoms with E-state index in [1.54, 1.807) is 7.11 Å². The summed E-state index contributed by atoms with van der Waals surface area (Å²) in [5.41, 5.74) is 7.08. The summed E-state index contributed by atoms with van der Waals surface area (Å²) in [6.45, 7) is 12.4. The summed E-state index contributed by atoms with van der Waals surface area (Å²) >= 11 is 0. The minimum absolute atomic E-state index is 0.0158. The molecule has 0 aromatic heterocycles.